The summed E-state index contributed by atoms with van der Waals surface area (Å²) in [6.45, 7) is 6.69. The van der Waals surface area contributed by atoms with Gasteiger partial charge in [-0.3, -0.25) is 0 Å². The number of thiazole rings is 1. The van der Waals surface area contributed by atoms with Gasteiger partial charge in [-0.05, 0) is 13.0 Å². The molecule has 2 aromatic heterocycles. The number of hydrogen-bond acceptors (Lipinski definition) is 8. The molecular weight excluding hydrogens is 388 g/mol. The molecule has 0 unspecified atom stereocenters. The maximum absolute atomic E-state index is 5.30. The van der Waals surface area contributed by atoms with Gasteiger partial charge in [0.05, 0.1) is 26.5 Å². The molecule has 1 aromatic carbocycles. The van der Waals surface area contributed by atoms with Crippen LogP contribution in [0.15, 0.2) is 30.5 Å². The number of aromatic nitrogens is 3. The fraction of sp³-hybridized carbons (Fsp3) is 0.381. The Hall–Kier alpha value is -2.71. The number of aryl methyl sites for hydroxylation is 1. The van der Waals surface area contributed by atoms with E-state index >= 15 is 0 Å². The summed E-state index contributed by atoms with van der Waals surface area (Å²) in [6, 6.07) is 7.38. The van der Waals surface area contributed by atoms with E-state index in [9.17, 15) is 0 Å². The molecule has 0 fully saturated rings. The minimum Gasteiger partial charge on any atom is -0.497 e. The van der Waals surface area contributed by atoms with Crippen molar-refractivity contribution in [2.24, 2.45) is 0 Å². The minimum atomic E-state index is 0.481. The molecule has 3 rings (SSSR count). The molecule has 1 N–H and O–H groups in total. The van der Waals surface area contributed by atoms with Crippen LogP contribution in [0, 0.1) is 6.92 Å². The Kier molecular flexibility index (Phi) is 8.82. The maximum Gasteiger partial charge on any atom is 0.227 e. The largest absolute Gasteiger partial charge is 0.497 e. The van der Waals surface area contributed by atoms with Crippen molar-refractivity contribution >= 4 is 23.0 Å². The standard InChI is InChI=1S/C19H22N4O3S.C2H6/c1-12-17(6-8-24-2)27-18(21-12)16-5-7-20-19(23-16)22-13-9-14(25-3)11-15(10-13)26-4;1-2/h5,7,9-11H,6,8H2,1-4H3,(H,20,22,23);1-2H3. The van der Waals surface area contributed by atoms with E-state index in [0.29, 0.717) is 24.1 Å². The molecule has 0 aliphatic heterocycles. The molecule has 0 saturated carbocycles. The van der Waals surface area contributed by atoms with Crippen LogP contribution in [0.4, 0.5) is 11.6 Å². The van der Waals surface area contributed by atoms with Crippen molar-refractivity contribution in [3.8, 4) is 22.2 Å². The summed E-state index contributed by atoms with van der Waals surface area (Å²) in [7, 11) is 4.93. The van der Waals surface area contributed by atoms with Crippen molar-refractivity contribution in [2.75, 3.05) is 33.3 Å². The quantitative estimate of drug-likeness (QED) is 0.560. The molecule has 2 heterocycles. The number of methoxy groups -OCH3 is 3. The maximum atomic E-state index is 5.30. The van der Waals surface area contributed by atoms with Gasteiger partial charge in [0.1, 0.15) is 22.2 Å². The summed E-state index contributed by atoms with van der Waals surface area (Å²) in [5, 5.41) is 4.06. The first-order valence-electron chi connectivity index (χ1n) is 9.41. The fourth-order valence-electron chi connectivity index (χ4n) is 2.51. The van der Waals surface area contributed by atoms with Gasteiger partial charge in [0.2, 0.25) is 5.95 Å². The fourth-order valence-corrected chi connectivity index (χ4v) is 3.52. The Bertz CT molecular complexity index is 892. The number of rotatable bonds is 8. The molecule has 7 nitrogen and oxygen atoms in total. The lowest BCUT2D eigenvalue weighted by Gasteiger charge is -2.10. The van der Waals surface area contributed by atoms with Crippen LogP contribution in [0.1, 0.15) is 24.4 Å². The number of anilines is 2. The van der Waals surface area contributed by atoms with Gasteiger partial charge in [-0.1, -0.05) is 13.8 Å². The van der Waals surface area contributed by atoms with E-state index in [2.05, 4.69) is 20.3 Å². The summed E-state index contributed by atoms with van der Waals surface area (Å²) in [5.74, 6) is 1.85. The second-order valence-corrected chi connectivity index (χ2v) is 6.85. The van der Waals surface area contributed by atoms with Crippen LogP contribution < -0.4 is 14.8 Å². The SMILES string of the molecule is CC.COCCc1sc(-c2ccnc(Nc3cc(OC)cc(OC)c3)n2)nc1C. The smallest absolute Gasteiger partial charge is 0.227 e. The highest BCUT2D eigenvalue weighted by molar-refractivity contribution is 7.15. The summed E-state index contributed by atoms with van der Waals surface area (Å²) in [6.07, 6.45) is 2.56. The molecule has 0 bridgehead atoms. The van der Waals surface area contributed by atoms with Crippen molar-refractivity contribution in [3.63, 3.8) is 0 Å². The minimum absolute atomic E-state index is 0.481. The van der Waals surface area contributed by atoms with Crippen LogP contribution >= 0.6 is 11.3 Å². The topological polar surface area (TPSA) is 78.4 Å². The molecule has 8 heteroatoms. The molecule has 156 valence electrons. The van der Waals surface area contributed by atoms with Gasteiger partial charge in [0, 0.05) is 48.5 Å². The number of nitrogens with one attached hydrogen (secondary N) is 1. The van der Waals surface area contributed by atoms with Crippen LogP contribution in [0.25, 0.3) is 10.7 Å². The second kappa shape index (κ2) is 11.3. The van der Waals surface area contributed by atoms with E-state index in [1.807, 2.05) is 45.0 Å². The van der Waals surface area contributed by atoms with Gasteiger partial charge in [0.15, 0.2) is 0 Å². The average Bonchev–Trinajstić information content (AvgIpc) is 3.14. The van der Waals surface area contributed by atoms with E-state index in [-0.39, 0.29) is 0 Å². The number of benzene rings is 1. The summed E-state index contributed by atoms with van der Waals surface area (Å²) < 4.78 is 15.8. The van der Waals surface area contributed by atoms with Crippen molar-refractivity contribution < 1.29 is 14.2 Å². The van der Waals surface area contributed by atoms with Crippen molar-refractivity contribution in [3.05, 3.63) is 41.0 Å². The highest BCUT2D eigenvalue weighted by atomic mass is 32.1. The molecule has 3 aromatic rings. The molecule has 0 spiro atoms. The van der Waals surface area contributed by atoms with Crippen LogP contribution in [0.2, 0.25) is 0 Å². The molecular formula is C21H28N4O3S. The first-order valence-corrected chi connectivity index (χ1v) is 10.2. The van der Waals surface area contributed by atoms with Gasteiger partial charge in [0.25, 0.3) is 0 Å². The Labute approximate surface area is 176 Å². The van der Waals surface area contributed by atoms with E-state index in [1.165, 1.54) is 4.88 Å². The molecule has 0 aliphatic carbocycles. The zero-order chi connectivity index (χ0) is 21.2. The van der Waals surface area contributed by atoms with E-state index in [0.717, 1.165) is 28.5 Å². The summed E-state index contributed by atoms with van der Waals surface area (Å²) >= 11 is 1.63. The Morgan fingerprint density at radius 1 is 1.00 bits per heavy atom. The van der Waals surface area contributed by atoms with Crippen LogP contribution in [-0.2, 0) is 11.2 Å². The molecule has 29 heavy (non-hydrogen) atoms. The van der Waals surface area contributed by atoms with E-state index in [1.54, 1.807) is 38.9 Å². The Balaban J connectivity index is 0.00000145. The predicted molar refractivity (Wildman–Crippen MR) is 118 cm³/mol. The lowest BCUT2D eigenvalue weighted by molar-refractivity contribution is 0.203. The van der Waals surface area contributed by atoms with E-state index in [4.69, 9.17) is 14.2 Å². The van der Waals surface area contributed by atoms with Gasteiger partial charge in [-0.15, -0.1) is 11.3 Å². The lowest BCUT2D eigenvalue weighted by Crippen LogP contribution is -1.99. The Morgan fingerprint density at radius 2 is 1.69 bits per heavy atom. The molecule has 0 amide bonds. The molecule has 0 aliphatic rings. The van der Waals surface area contributed by atoms with Gasteiger partial charge in [-0.25, -0.2) is 15.0 Å². The monoisotopic (exact) mass is 416 g/mol. The summed E-state index contributed by atoms with van der Waals surface area (Å²) in [4.78, 5) is 14.7. The predicted octanol–water partition coefficient (Wildman–Crippen LogP) is 4.88. The molecule has 0 saturated heterocycles. The third kappa shape index (κ3) is 6.13. The second-order valence-electron chi connectivity index (χ2n) is 5.76. The van der Waals surface area contributed by atoms with Crippen molar-refractivity contribution in [2.45, 2.75) is 27.2 Å². The zero-order valence-corrected chi connectivity index (χ0v) is 18.6. The normalized spacial score (nSPS) is 10.1. The van der Waals surface area contributed by atoms with Gasteiger partial charge in [-0.2, -0.15) is 0 Å². The van der Waals surface area contributed by atoms with Crippen LogP contribution in [0.5, 0.6) is 11.5 Å². The summed E-state index contributed by atoms with van der Waals surface area (Å²) in [5.41, 5.74) is 2.57. The molecule has 0 atom stereocenters. The third-order valence-corrected chi connectivity index (χ3v) is 5.15. The van der Waals surface area contributed by atoms with Crippen molar-refractivity contribution in [1.82, 2.24) is 15.0 Å². The van der Waals surface area contributed by atoms with Gasteiger partial charge >= 0.3 is 0 Å². The van der Waals surface area contributed by atoms with E-state index < -0.39 is 0 Å². The zero-order valence-electron chi connectivity index (χ0n) is 17.8. The van der Waals surface area contributed by atoms with Crippen LogP contribution in [-0.4, -0.2) is 42.9 Å². The number of hydrogen-bond donors (Lipinski definition) is 1. The number of nitrogens with zero attached hydrogens (tertiary/aromatic N) is 3. The number of ether oxygens (including phenoxy) is 3. The Morgan fingerprint density at radius 3 is 2.31 bits per heavy atom. The first kappa shape index (κ1) is 22.6. The van der Waals surface area contributed by atoms with Crippen molar-refractivity contribution in [1.29, 1.82) is 0 Å². The lowest BCUT2D eigenvalue weighted by atomic mass is 10.3. The third-order valence-electron chi connectivity index (χ3n) is 3.91. The first-order chi connectivity index (χ1) is 14.1. The molecule has 0 radical (unpaired) electrons. The highest BCUT2D eigenvalue weighted by Gasteiger charge is 2.12. The van der Waals surface area contributed by atoms with Crippen LogP contribution in [0.3, 0.4) is 0 Å². The van der Waals surface area contributed by atoms with Gasteiger partial charge < -0.3 is 19.5 Å². The highest BCUT2D eigenvalue weighted by Crippen LogP contribution is 2.29. The average molecular weight is 417 g/mol.